The monoisotopic (exact) mass is 284 g/mol. The predicted octanol–water partition coefficient (Wildman–Crippen LogP) is 2.79. The number of rotatable bonds is 3. The van der Waals surface area contributed by atoms with Crippen molar-refractivity contribution in [1.29, 1.82) is 0 Å². The normalized spacial score (nSPS) is 19.9. The first kappa shape index (κ1) is 13.6. The first-order valence-corrected chi connectivity index (χ1v) is 7.54. The van der Waals surface area contributed by atoms with E-state index in [4.69, 9.17) is 18.0 Å². The van der Waals surface area contributed by atoms with E-state index in [2.05, 4.69) is 11.8 Å². The first-order chi connectivity index (χ1) is 8.63. The van der Waals surface area contributed by atoms with E-state index in [0.717, 1.165) is 31.0 Å². The van der Waals surface area contributed by atoms with Crippen LogP contribution in [0.5, 0.6) is 0 Å². The van der Waals surface area contributed by atoms with Crippen LogP contribution in [0.3, 0.4) is 0 Å². The van der Waals surface area contributed by atoms with Gasteiger partial charge in [0.1, 0.15) is 10.8 Å². The fraction of sp³-hybridized carbons (Fsp3) is 0.462. The van der Waals surface area contributed by atoms with Gasteiger partial charge in [0.15, 0.2) is 0 Å². The second-order valence-electron chi connectivity index (χ2n) is 4.35. The van der Waals surface area contributed by atoms with E-state index in [9.17, 15) is 4.39 Å². The Kier molecular flexibility index (Phi) is 4.45. The molecule has 2 N–H and O–H groups in total. The third-order valence-electron chi connectivity index (χ3n) is 3.17. The molecule has 0 radical (unpaired) electrons. The van der Waals surface area contributed by atoms with Crippen molar-refractivity contribution in [1.82, 2.24) is 0 Å². The summed E-state index contributed by atoms with van der Waals surface area (Å²) < 4.78 is 13.8. The average molecular weight is 284 g/mol. The Bertz CT molecular complexity index is 451. The van der Waals surface area contributed by atoms with Crippen molar-refractivity contribution in [3.8, 4) is 0 Å². The van der Waals surface area contributed by atoms with E-state index in [1.165, 1.54) is 6.07 Å². The third-order valence-corrected chi connectivity index (χ3v) is 4.75. The van der Waals surface area contributed by atoms with Gasteiger partial charge in [0, 0.05) is 29.8 Å². The number of halogens is 1. The minimum absolute atomic E-state index is 0.134. The quantitative estimate of drug-likeness (QED) is 0.864. The second-order valence-corrected chi connectivity index (χ2v) is 6.19. The first-order valence-electron chi connectivity index (χ1n) is 6.08. The highest BCUT2D eigenvalue weighted by Crippen LogP contribution is 2.29. The maximum atomic E-state index is 13.8. The number of anilines is 1. The Hall–Kier alpha value is -0.810. The van der Waals surface area contributed by atoms with Crippen molar-refractivity contribution in [2.75, 3.05) is 23.7 Å². The van der Waals surface area contributed by atoms with E-state index in [1.807, 2.05) is 17.8 Å². The Labute approximate surface area is 117 Å². The molecule has 18 heavy (non-hydrogen) atoms. The lowest BCUT2D eigenvalue weighted by atomic mass is 10.1. The molecule has 5 heteroatoms. The van der Waals surface area contributed by atoms with Crippen LogP contribution < -0.4 is 10.6 Å². The molecular weight excluding hydrogens is 267 g/mol. The minimum atomic E-state index is -0.328. The fourth-order valence-electron chi connectivity index (χ4n) is 2.21. The molecule has 0 aliphatic carbocycles. The molecule has 1 unspecified atom stereocenters. The number of nitrogens with zero attached hydrogens (tertiary/aromatic N) is 1. The zero-order valence-electron chi connectivity index (χ0n) is 10.4. The van der Waals surface area contributed by atoms with Crippen LogP contribution >= 0.6 is 24.0 Å². The van der Waals surface area contributed by atoms with Crippen LogP contribution in [0.4, 0.5) is 10.1 Å². The van der Waals surface area contributed by atoms with Gasteiger partial charge in [-0.25, -0.2) is 4.39 Å². The van der Waals surface area contributed by atoms with Crippen LogP contribution in [0.2, 0.25) is 0 Å². The third kappa shape index (κ3) is 2.78. The zero-order chi connectivity index (χ0) is 13.1. The van der Waals surface area contributed by atoms with Gasteiger partial charge >= 0.3 is 0 Å². The van der Waals surface area contributed by atoms with Gasteiger partial charge in [0.05, 0.1) is 5.56 Å². The van der Waals surface area contributed by atoms with E-state index >= 15 is 0 Å². The fourth-order valence-corrected chi connectivity index (χ4v) is 3.59. The van der Waals surface area contributed by atoms with E-state index in [-0.39, 0.29) is 10.8 Å². The van der Waals surface area contributed by atoms with E-state index in [1.54, 1.807) is 6.07 Å². The van der Waals surface area contributed by atoms with Gasteiger partial charge < -0.3 is 10.6 Å². The summed E-state index contributed by atoms with van der Waals surface area (Å²) in [7, 11) is 0. The Morgan fingerprint density at radius 3 is 3.06 bits per heavy atom. The topological polar surface area (TPSA) is 29.3 Å². The molecule has 1 aliphatic heterocycles. The molecule has 0 saturated carbocycles. The number of thiocarbonyl (C=S) groups is 1. The van der Waals surface area contributed by atoms with Crippen molar-refractivity contribution in [2.45, 2.75) is 18.6 Å². The Morgan fingerprint density at radius 2 is 2.39 bits per heavy atom. The highest BCUT2D eigenvalue weighted by molar-refractivity contribution is 8.00. The summed E-state index contributed by atoms with van der Waals surface area (Å²) in [6.45, 7) is 4.03. The lowest BCUT2D eigenvalue weighted by Crippen LogP contribution is -2.38. The molecule has 0 bridgehead atoms. The highest BCUT2D eigenvalue weighted by Gasteiger charge is 2.23. The SMILES string of the molecule is CCC1CN(c2cccc(F)c2C(N)=S)CCS1. The summed E-state index contributed by atoms with van der Waals surface area (Å²) >= 11 is 6.95. The number of hydrogen-bond acceptors (Lipinski definition) is 3. The van der Waals surface area contributed by atoms with E-state index < -0.39 is 0 Å². The summed E-state index contributed by atoms with van der Waals surface area (Å²) in [4.78, 5) is 2.33. The largest absolute Gasteiger partial charge is 0.389 e. The Morgan fingerprint density at radius 1 is 1.61 bits per heavy atom. The van der Waals surface area contributed by atoms with Crippen LogP contribution in [0.15, 0.2) is 18.2 Å². The molecule has 0 aromatic heterocycles. The van der Waals surface area contributed by atoms with E-state index in [0.29, 0.717) is 10.8 Å². The molecule has 1 fully saturated rings. The molecule has 1 heterocycles. The van der Waals surface area contributed by atoms with Crippen molar-refractivity contribution in [3.05, 3.63) is 29.6 Å². The molecule has 2 nitrogen and oxygen atoms in total. The lowest BCUT2D eigenvalue weighted by molar-refractivity contribution is 0.623. The lowest BCUT2D eigenvalue weighted by Gasteiger charge is -2.34. The van der Waals surface area contributed by atoms with Gasteiger partial charge in [-0.2, -0.15) is 11.8 Å². The molecule has 0 amide bonds. The molecule has 1 aromatic rings. The van der Waals surface area contributed by atoms with Crippen molar-refractivity contribution in [2.24, 2.45) is 5.73 Å². The number of benzene rings is 1. The van der Waals surface area contributed by atoms with Crippen LogP contribution in [-0.2, 0) is 0 Å². The summed E-state index contributed by atoms with van der Waals surface area (Å²) in [6.07, 6.45) is 1.12. The average Bonchev–Trinajstić information content (AvgIpc) is 2.38. The summed E-state index contributed by atoms with van der Waals surface area (Å²) in [5.41, 5.74) is 6.87. The maximum absolute atomic E-state index is 13.8. The molecule has 0 spiro atoms. The number of thioether (sulfide) groups is 1. The standard InChI is InChI=1S/C13H17FN2S2/c1-2-9-8-16(6-7-18-9)11-5-3-4-10(14)12(11)13(15)17/h3-5,9H,2,6-8H2,1H3,(H2,15,17). The summed E-state index contributed by atoms with van der Waals surface area (Å²) in [6, 6.07) is 5.03. The smallest absolute Gasteiger partial charge is 0.135 e. The molecule has 1 aliphatic rings. The molecular formula is C13H17FN2S2. The van der Waals surface area contributed by atoms with Crippen LogP contribution in [0, 0.1) is 5.82 Å². The zero-order valence-corrected chi connectivity index (χ0v) is 12.0. The minimum Gasteiger partial charge on any atom is -0.389 e. The second kappa shape index (κ2) is 5.89. The molecule has 2 rings (SSSR count). The van der Waals surface area contributed by atoms with Crippen LogP contribution in [0.1, 0.15) is 18.9 Å². The van der Waals surface area contributed by atoms with Crippen molar-refractivity contribution in [3.63, 3.8) is 0 Å². The maximum Gasteiger partial charge on any atom is 0.135 e. The van der Waals surface area contributed by atoms with Crippen molar-refractivity contribution < 1.29 is 4.39 Å². The molecule has 1 aromatic carbocycles. The van der Waals surface area contributed by atoms with Gasteiger partial charge in [-0.3, -0.25) is 0 Å². The van der Waals surface area contributed by atoms with Gasteiger partial charge in [-0.1, -0.05) is 25.2 Å². The van der Waals surface area contributed by atoms with Gasteiger partial charge in [0.25, 0.3) is 0 Å². The van der Waals surface area contributed by atoms with Crippen LogP contribution in [-0.4, -0.2) is 29.1 Å². The molecule has 1 saturated heterocycles. The summed E-state index contributed by atoms with van der Waals surface area (Å²) in [5.74, 6) is 0.734. The molecule has 98 valence electrons. The van der Waals surface area contributed by atoms with Gasteiger partial charge in [0.2, 0.25) is 0 Å². The van der Waals surface area contributed by atoms with Gasteiger partial charge in [-0.15, -0.1) is 0 Å². The Balaban J connectivity index is 2.32. The van der Waals surface area contributed by atoms with Gasteiger partial charge in [-0.05, 0) is 18.6 Å². The van der Waals surface area contributed by atoms with Crippen molar-refractivity contribution >= 4 is 34.7 Å². The number of nitrogens with two attached hydrogens (primary N) is 1. The highest BCUT2D eigenvalue weighted by atomic mass is 32.2. The number of hydrogen-bond donors (Lipinski definition) is 1. The predicted molar refractivity (Wildman–Crippen MR) is 81.0 cm³/mol. The summed E-state index contributed by atoms with van der Waals surface area (Å²) in [5, 5.41) is 0.598. The van der Waals surface area contributed by atoms with Crippen LogP contribution in [0.25, 0.3) is 0 Å². The molecule has 1 atom stereocenters.